The van der Waals surface area contributed by atoms with E-state index in [1.54, 1.807) is 10.9 Å². The molecule has 7 nitrogen and oxygen atoms in total. The minimum atomic E-state index is -0.496. The maximum absolute atomic E-state index is 12.4. The van der Waals surface area contributed by atoms with E-state index in [9.17, 15) is 9.90 Å². The van der Waals surface area contributed by atoms with Crippen LogP contribution in [-0.2, 0) is 0 Å². The van der Waals surface area contributed by atoms with E-state index < -0.39 is 6.10 Å². The van der Waals surface area contributed by atoms with Crippen molar-refractivity contribution in [3.63, 3.8) is 0 Å². The molecule has 2 aromatic heterocycles. The van der Waals surface area contributed by atoms with Gasteiger partial charge in [-0.25, -0.2) is 4.98 Å². The number of hydrogen-bond donors (Lipinski definition) is 2. The molecule has 0 aromatic carbocycles. The highest BCUT2D eigenvalue weighted by Gasteiger charge is 2.43. The maximum atomic E-state index is 12.4. The lowest BCUT2D eigenvalue weighted by Crippen LogP contribution is -2.56. The van der Waals surface area contributed by atoms with Crippen molar-refractivity contribution in [1.29, 1.82) is 0 Å². The van der Waals surface area contributed by atoms with Crippen LogP contribution in [0.1, 0.15) is 53.0 Å². The molecule has 0 bridgehead atoms. The van der Waals surface area contributed by atoms with Gasteiger partial charge in [-0.05, 0) is 31.7 Å². The van der Waals surface area contributed by atoms with E-state index in [4.69, 9.17) is 4.42 Å². The fourth-order valence-electron chi connectivity index (χ4n) is 3.01. The first-order valence-corrected chi connectivity index (χ1v) is 7.56. The first-order chi connectivity index (χ1) is 10.6. The Balaban J connectivity index is 1.48. The lowest BCUT2D eigenvalue weighted by atomic mass is 9.83. The number of aromatic nitrogens is 3. The SMILES string of the molecule is Cc1cnn([C@H]2[C@H](O)C[C@@H]2NC(=O)c2ncoc2C2CC2)c1. The lowest BCUT2D eigenvalue weighted by Gasteiger charge is -2.41. The van der Waals surface area contributed by atoms with Crippen molar-refractivity contribution in [2.24, 2.45) is 0 Å². The van der Waals surface area contributed by atoms with Crippen LogP contribution in [0.3, 0.4) is 0 Å². The van der Waals surface area contributed by atoms with Crippen LogP contribution in [0.4, 0.5) is 0 Å². The van der Waals surface area contributed by atoms with Crippen molar-refractivity contribution in [3.05, 3.63) is 35.8 Å². The zero-order valence-corrected chi connectivity index (χ0v) is 12.3. The van der Waals surface area contributed by atoms with Gasteiger partial charge in [0.05, 0.1) is 24.4 Å². The Kier molecular flexibility index (Phi) is 3.04. The highest BCUT2D eigenvalue weighted by atomic mass is 16.3. The first kappa shape index (κ1) is 13.5. The Bertz CT molecular complexity index is 703. The Morgan fingerprint density at radius 2 is 2.32 bits per heavy atom. The molecular formula is C15H18N4O3. The monoisotopic (exact) mass is 302 g/mol. The first-order valence-electron chi connectivity index (χ1n) is 7.56. The predicted molar refractivity (Wildman–Crippen MR) is 76.4 cm³/mol. The minimum Gasteiger partial charge on any atom is -0.447 e. The lowest BCUT2D eigenvalue weighted by molar-refractivity contribution is -0.00598. The largest absolute Gasteiger partial charge is 0.447 e. The van der Waals surface area contributed by atoms with E-state index >= 15 is 0 Å². The zero-order valence-electron chi connectivity index (χ0n) is 12.3. The van der Waals surface area contributed by atoms with Crippen LogP contribution >= 0.6 is 0 Å². The van der Waals surface area contributed by atoms with Gasteiger partial charge in [0, 0.05) is 12.1 Å². The van der Waals surface area contributed by atoms with Crippen LogP contribution in [0.15, 0.2) is 23.2 Å². The molecule has 1 amide bonds. The molecule has 0 aliphatic heterocycles. The number of aliphatic hydroxyl groups excluding tert-OH is 1. The number of carbonyl (C=O) groups is 1. The summed E-state index contributed by atoms with van der Waals surface area (Å²) in [6.45, 7) is 1.94. The molecule has 2 aliphatic rings. The van der Waals surface area contributed by atoms with E-state index in [-0.39, 0.29) is 18.0 Å². The van der Waals surface area contributed by atoms with E-state index in [2.05, 4.69) is 15.4 Å². The number of hydrogen-bond acceptors (Lipinski definition) is 5. The van der Waals surface area contributed by atoms with Gasteiger partial charge in [-0.2, -0.15) is 5.10 Å². The smallest absolute Gasteiger partial charge is 0.273 e. The summed E-state index contributed by atoms with van der Waals surface area (Å²) in [6, 6.07) is -0.375. The number of rotatable bonds is 4. The molecule has 2 heterocycles. The van der Waals surface area contributed by atoms with Crippen molar-refractivity contribution >= 4 is 5.91 Å². The summed E-state index contributed by atoms with van der Waals surface area (Å²) >= 11 is 0. The van der Waals surface area contributed by atoms with Gasteiger partial charge in [-0.1, -0.05) is 0 Å². The van der Waals surface area contributed by atoms with Gasteiger partial charge in [0.15, 0.2) is 12.1 Å². The molecule has 4 rings (SSSR count). The van der Waals surface area contributed by atoms with Crippen LogP contribution in [0.2, 0.25) is 0 Å². The Labute approximate surface area is 127 Å². The molecule has 2 aromatic rings. The van der Waals surface area contributed by atoms with Crippen LogP contribution in [0.25, 0.3) is 0 Å². The molecule has 2 saturated carbocycles. The third kappa shape index (κ3) is 2.21. The third-order valence-electron chi connectivity index (χ3n) is 4.41. The standard InChI is InChI=1S/C15H18N4O3/c1-8-5-17-19(6-8)13-10(4-11(13)20)18-15(21)12-14(9-2-3-9)22-7-16-12/h5-7,9-11,13,20H,2-4H2,1H3,(H,18,21)/t10-,11+,13+/m0/s1. The van der Waals surface area contributed by atoms with Crippen molar-refractivity contribution in [3.8, 4) is 0 Å². The summed E-state index contributed by atoms with van der Waals surface area (Å²) in [5.74, 6) is 0.782. The van der Waals surface area contributed by atoms with E-state index in [1.807, 2.05) is 13.1 Å². The molecule has 7 heteroatoms. The van der Waals surface area contributed by atoms with Gasteiger partial charge in [0.1, 0.15) is 5.76 Å². The van der Waals surface area contributed by atoms with E-state index in [0.717, 1.165) is 18.4 Å². The zero-order chi connectivity index (χ0) is 15.3. The van der Waals surface area contributed by atoms with Crippen molar-refractivity contribution in [2.75, 3.05) is 0 Å². The van der Waals surface area contributed by atoms with Gasteiger partial charge in [0.25, 0.3) is 5.91 Å². The van der Waals surface area contributed by atoms with Crippen LogP contribution in [-0.4, -0.2) is 37.9 Å². The molecule has 22 heavy (non-hydrogen) atoms. The highest BCUT2D eigenvalue weighted by molar-refractivity contribution is 5.93. The third-order valence-corrected chi connectivity index (χ3v) is 4.41. The summed E-state index contributed by atoms with van der Waals surface area (Å²) in [5.41, 5.74) is 1.40. The molecular weight excluding hydrogens is 284 g/mol. The van der Waals surface area contributed by atoms with Crippen LogP contribution in [0, 0.1) is 6.92 Å². The minimum absolute atomic E-state index is 0.148. The topological polar surface area (TPSA) is 93.2 Å². The molecule has 2 aliphatic carbocycles. The van der Waals surface area contributed by atoms with Gasteiger partial charge >= 0.3 is 0 Å². The molecule has 0 unspecified atom stereocenters. The summed E-state index contributed by atoms with van der Waals surface area (Å²) < 4.78 is 7.06. The summed E-state index contributed by atoms with van der Waals surface area (Å²) in [7, 11) is 0. The average Bonchev–Trinajstić information content (AvgIpc) is 3.05. The van der Waals surface area contributed by atoms with Gasteiger partial charge in [-0.15, -0.1) is 0 Å². The second-order valence-corrected chi connectivity index (χ2v) is 6.21. The number of aliphatic hydroxyl groups is 1. The molecule has 2 fully saturated rings. The molecule has 3 atom stereocenters. The van der Waals surface area contributed by atoms with E-state index in [0.29, 0.717) is 23.8 Å². The summed E-state index contributed by atoms with van der Waals surface area (Å²) in [6.07, 6.45) is 7.06. The number of nitrogens with one attached hydrogen (secondary N) is 1. The molecule has 0 spiro atoms. The highest BCUT2D eigenvalue weighted by Crippen LogP contribution is 2.41. The molecule has 0 saturated heterocycles. The fraction of sp³-hybridized carbons (Fsp3) is 0.533. The second-order valence-electron chi connectivity index (χ2n) is 6.21. The molecule has 2 N–H and O–H groups in total. The summed E-state index contributed by atoms with van der Waals surface area (Å²) in [5, 5.41) is 17.2. The van der Waals surface area contributed by atoms with Gasteiger partial charge in [0.2, 0.25) is 0 Å². The predicted octanol–water partition coefficient (Wildman–Crippen LogP) is 1.16. The van der Waals surface area contributed by atoms with Crippen molar-refractivity contribution < 1.29 is 14.3 Å². The van der Waals surface area contributed by atoms with Gasteiger partial charge < -0.3 is 14.8 Å². The van der Waals surface area contributed by atoms with Crippen LogP contribution in [0.5, 0.6) is 0 Å². The number of oxazole rings is 1. The average molecular weight is 302 g/mol. The van der Waals surface area contributed by atoms with Gasteiger partial charge in [-0.3, -0.25) is 9.48 Å². The van der Waals surface area contributed by atoms with Crippen LogP contribution < -0.4 is 5.32 Å². The Morgan fingerprint density at radius 3 is 2.95 bits per heavy atom. The van der Waals surface area contributed by atoms with Crippen molar-refractivity contribution in [2.45, 2.75) is 50.3 Å². The molecule has 0 radical (unpaired) electrons. The van der Waals surface area contributed by atoms with Crippen molar-refractivity contribution in [1.82, 2.24) is 20.1 Å². The molecule has 116 valence electrons. The quantitative estimate of drug-likeness (QED) is 0.884. The fourth-order valence-corrected chi connectivity index (χ4v) is 3.01. The second kappa shape index (κ2) is 4.95. The number of amides is 1. The summed E-state index contributed by atoms with van der Waals surface area (Å²) in [4.78, 5) is 16.5. The van der Waals surface area contributed by atoms with E-state index in [1.165, 1.54) is 6.39 Å². The number of nitrogens with zero attached hydrogens (tertiary/aromatic N) is 3. The Morgan fingerprint density at radius 1 is 1.50 bits per heavy atom. The number of aryl methyl sites for hydroxylation is 1. The number of carbonyl (C=O) groups excluding carboxylic acids is 1. The maximum Gasteiger partial charge on any atom is 0.273 e. The normalized spacial score (nSPS) is 27.5. The Hall–Kier alpha value is -2.15.